The molecule has 1 N–H and O–H groups in total. The fourth-order valence-electron chi connectivity index (χ4n) is 3.34. The molecule has 0 aromatic carbocycles. The van der Waals surface area contributed by atoms with Gasteiger partial charge in [-0.25, -0.2) is 0 Å². The van der Waals surface area contributed by atoms with Gasteiger partial charge in [-0.1, -0.05) is 12.8 Å². The normalized spacial score (nSPS) is 23.8. The van der Waals surface area contributed by atoms with Crippen LogP contribution in [0.2, 0.25) is 0 Å². The van der Waals surface area contributed by atoms with Gasteiger partial charge in [0.1, 0.15) is 0 Å². The van der Waals surface area contributed by atoms with Crippen molar-refractivity contribution in [2.45, 2.75) is 62.7 Å². The first kappa shape index (κ1) is 18.1. The Morgan fingerprint density at radius 1 is 1.23 bits per heavy atom. The van der Waals surface area contributed by atoms with Crippen molar-refractivity contribution in [3.05, 3.63) is 0 Å². The number of ether oxygens (including phenoxy) is 1. The van der Waals surface area contributed by atoms with E-state index in [1.165, 1.54) is 25.7 Å². The molecule has 2 aliphatic rings. The summed E-state index contributed by atoms with van der Waals surface area (Å²) in [7, 11) is 0. The fourth-order valence-corrected chi connectivity index (χ4v) is 4.14. The van der Waals surface area contributed by atoms with E-state index >= 15 is 0 Å². The number of hydrogen-bond acceptors (Lipinski definition) is 4. The molecule has 0 saturated carbocycles. The highest BCUT2D eigenvalue weighted by molar-refractivity contribution is 8.00. The number of hydrogen-bond donors (Lipinski definition) is 1. The minimum absolute atomic E-state index is 0.252. The maximum atomic E-state index is 12.4. The minimum Gasteiger partial charge on any atom is -0.381 e. The highest BCUT2D eigenvalue weighted by Gasteiger charge is 2.32. The molecule has 0 radical (unpaired) electrons. The molecule has 1 amide bonds. The second kappa shape index (κ2) is 9.14. The highest BCUT2D eigenvalue weighted by Crippen LogP contribution is 2.33. The third kappa shape index (κ3) is 5.43. The number of rotatable bonds is 6. The smallest absolute Gasteiger partial charge is 0.224 e. The van der Waals surface area contributed by atoms with Gasteiger partial charge < -0.3 is 15.0 Å². The van der Waals surface area contributed by atoms with Gasteiger partial charge >= 0.3 is 0 Å². The molecule has 1 unspecified atom stereocenters. The van der Waals surface area contributed by atoms with E-state index in [0.717, 1.165) is 45.7 Å². The second-order valence-electron chi connectivity index (χ2n) is 6.78. The van der Waals surface area contributed by atoms with E-state index in [1.807, 2.05) is 11.8 Å². The molecule has 2 saturated heterocycles. The van der Waals surface area contributed by atoms with Crippen molar-refractivity contribution in [3.63, 3.8) is 0 Å². The highest BCUT2D eigenvalue weighted by atomic mass is 32.2. The van der Waals surface area contributed by atoms with Crippen LogP contribution in [0.15, 0.2) is 0 Å². The molecule has 0 aliphatic carbocycles. The zero-order chi connectivity index (χ0) is 15.8. The first-order valence-electron chi connectivity index (χ1n) is 8.79. The van der Waals surface area contributed by atoms with Crippen LogP contribution in [-0.4, -0.2) is 60.7 Å². The Morgan fingerprint density at radius 3 is 2.45 bits per heavy atom. The average molecular weight is 329 g/mol. The lowest BCUT2D eigenvalue weighted by molar-refractivity contribution is -0.131. The molecule has 4 nitrogen and oxygen atoms in total. The van der Waals surface area contributed by atoms with Gasteiger partial charge in [0.2, 0.25) is 5.91 Å². The third-order valence-corrected chi connectivity index (χ3v) is 6.47. The molecular formula is C17H32N2O2S. The molecule has 5 heteroatoms. The number of carbonyl (C=O) groups is 1. The molecule has 0 spiro atoms. The summed E-state index contributed by atoms with van der Waals surface area (Å²) in [5.41, 5.74) is 0. The zero-order valence-corrected chi connectivity index (χ0v) is 15.1. The van der Waals surface area contributed by atoms with Crippen LogP contribution < -0.4 is 5.32 Å². The molecule has 128 valence electrons. The molecule has 2 fully saturated rings. The van der Waals surface area contributed by atoms with Crippen molar-refractivity contribution in [1.82, 2.24) is 10.2 Å². The van der Waals surface area contributed by atoms with E-state index < -0.39 is 0 Å². The van der Waals surface area contributed by atoms with Gasteiger partial charge in [0, 0.05) is 50.1 Å². The molecule has 22 heavy (non-hydrogen) atoms. The third-order valence-electron chi connectivity index (χ3n) is 5.05. The van der Waals surface area contributed by atoms with Crippen LogP contribution in [0.3, 0.4) is 0 Å². The first-order valence-corrected chi connectivity index (χ1v) is 10.0. The minimum atomic E-state index is 0.252. The molecule has 2 aliphatic heterocycles. The van der Waals surface area contributed by atoms with Crippen molar-refractivity contribution in [1.29, 1.82) is 0 Å². The van der Waals surface area contributed by atoms with E-state index in [0.29, 0.717) is 12.3 Å². The molecular weight excluding hydrogens is 296 g/mol. The largest absolute Gasteiger partial charge is 0.381 e. The van der Waals surface area contributed by atoms with Gasteiger partial charge in [-0.05, 0) is 38.9 Å². The van der Waals surface area contributed by atoms with Crippen molar-refractivity contribution in [2.75, 3.05) is 39.1 Å². The second-order valence-corrected chi connectivity index (χ2v) is 8.05. The van der Waals surface area contributed by atoms with E-state index in [1.54, 1.807) is 0 Å². The Morgan fingerprint density at radius 2 is 1.86 bits per heavy atom. The van der Waals surface area contributed by atoms with Gasteiger partial charge in [-0.3, -0.25) is 4.79 Å². The van der Waals surface area contributed by atoms with Crippen LogP contribution in [0.5, 0.6) is 0 Å². The molecule has 2 heterocycles. The number of thioether (sulfide) groups is 1. The summed E-state index contributed by atoms with van der Waals surface area (Å²) in [5, 5.41) is 3.61. The standard InChI is InChI=1S/C17H32N2O2S/c1-15(13-16(20)19-9-5-3-4-6-10-19)18-14-17(22-2)7-11-21-12-8-17/h15,18H,3-14H2,1-2H3. The summed E-state index contributed by atoms with van der Waals surface area (Å²) in [6.45, 7) is 6.76. The summed E-state index contributed by atoms with van der Waals surface area (Å²) in [4.78, 5) is 14.5. The Bertz CT molecular complexity index is 338. The average Bonchev–Trinajstić information content (AvgIpc) is 2.83. The molecule has 0 aromatic rings. The van der Waals surface area contributed by atoms with Gasteiger partial charge in [-0.2, -0.15) is 11.8 Å². The van der Waals surface area contributed by atoms with Crippen molar-refractivity contribution < 1.29 is 9.53 Å². The number of likely N-dealkylation sites (tertiary alicyclic amines) is 1. The monoisotopic (exact) mass is 328 g/mol. The lowest BCUT2D eigenvalue weighted by Crippen LogP contribution is -2.46. The SMILES string of the molecule is CSC1(CNC(C)CC(=O)N2CCCCCC2)CCOCC1. The predicted octanol–water partition coefficient (Wildman–Crippen LogP) is 2.67. The molecule has 0 aromatic heterocycles. The molecule has 1 atom stereocenters. The summed E-state index contributed by atoms with van der Waals surface area (Å²) >= 11 is 1.95. The topological polar surface area (TPSA) is 41.6 Å². The Labute approximate surface area is 139 Å². The fraction of sp³-hybridized carbons (Fsp3) is 0.941. The summed E-state index contributed by atoms with van der Waals surface area (Å²) in [6, 6.07) is 0.252. The lowest BCUT2D eigenvalue weighted by atomic mass is 9.98. The Kier molecular flexibility index (Phi) is 7.51. The maximum absolute atomic E-state index is 12.4. The van der Waals surface area contributed by atoms with Crippen LogP contribution in [0.1, 0.15) is 51.9 Å². The van der Waals surface area contributed by atoms with Gasteiger partial charge in [0.05, 0.1) is 0 Å². The van der Waals surface area contributed by atoms with Crippen LogP contribution in [0.25, 0.3) is 0 Å². The van der Waals surface area contributed by atoms with Crippen molar-refractivity contribution in [2.24, 2.45) is 0 Å². The van der Waals surface area contributed by atoms with Gasteiger partial charge in [0.25, 0.3) is 0 Å². The lowest BCUT2D eigenvalue weighted by Gasteiger charge is -2.37. The van der Waals surface area contributed by atoms with Crippen LogP contribution in [0.4, 0.5) is 0 Å². The number of nitrogens with zero attached hydrogens (tertiary/aromatic N) is 1. The molecule has 0 bridgehead atoms. The summed E-state index contributed by atoms with van der Waals surface area (Å²) in [5.74, 6) is 0.326. The van der Waals surface area contributed by atoms with Crippen LogP contribution >= 0.6 is 11.8 Å². The summed E-state index contributed by atoms with van der Waals surface area (Å²) < 4.78 is 5.78. The Hall–Kier alpha value is -0.260. The first-order chi connectivity index (χ1) is 10.7. The molecule has 2 rings (SSSR count). The number of amides is 1. The number of carbonyl (C=O) groups excluding carboxylic acids is 1. The van der Waals surface area contributed by atoms with Gasteiger partial charge in [-0.15, -0.1) is 0 Å². The van der Waals surface area contributed by atoms with E-state index in [-0.39, 0.29) is 10.8 Å². The van der Waals surface area contributed by atoms with E-state index in [9.17, 15) is 4.79 Å². The van der Waals surface area contributed by atoms with Crippen LogP contribution in [0, 0.1) is 0 Å². The van der Waals surface area contributed by atoms with E-state index in [4.69, 9.17) is 4.74 Å². The van der Waals surface area contributed by atoms with Gasteiger partial charge in [0.15, 0.2) is 0 Å². The predicted molar refractivity (Wildman–Crippen MR) is 93.4 cm³/mol. The van der Waals surface area contributed by atoms with Crippen molar-refractivity contribution in [3.8, 4) is 0 Å². The Balaban J connectivity index is 1.74. The summed E-state index contributed by atoms with van der Waals surface area (Å²) in [6.07, 6.45) is 9.92. The maximum Gasteiger partial charge on any atom is 0.224 e. The van der Waals surface area contributed by atoms with Crippen LogP contribution in [-0.2, 0) is 9.53 Å². The number of nitrogens with one attached hydrogen (secondary N) is 1. The van der Waals surface area contributed by atoms with Crippen molar-refractivity contribution >= 4 is 17.7 Å². The van der Waals surface area contributed by atoms with E-state index in [2.05, 4.69) is 23.4 Å². The zero-order valence-electron chi connectivity index (χ0n) is 14.2. The quantitative estimate of drug-likeness (QED) is 0.814.